The average molecular weight is 593 g/mol. The molecule has 0 saturated heterocycles. The van der Waals surface area contributed by atoms with Gasteiger partial charge in [-0.05, 0) is 67.0 Å². The first-order chi connectivity index (χ1) is 14.3. The number of nitrogens with zero attached hydrogens (tertiary/aromatic N) is 3. The normalized spacial score (nSPS) is 10.8. The van der Waals surface area contributed by atoms with E-state index in [1.165, 1.54) is 36.3 Å². The third-order valence-electron chi connectivity index (χ3n) is 4.27. The van der Waals surface area contributed by atoms with Gasteiger partial charge in [-0.2, -0.15) is 0 Å². The minimum atomic E-state index is -0.125. The summed E-state index contributed by atoms with van der Waals surface area (Å²) in [6.07, 6.45) is 7.36. The Morgan fingerprint density at radius 3 is 2.29 bits per heavy atom. The summed E-state index contributed by atoms with van der Waals surface area (Å²) in [5, 5.41) is 12.9. The summed E-state index contributed by atoms with van der Waals surface area (Å²) in [7, 11) is 0. The molecule has 0 amide bonds. The number of benzene rings is 2. The average Bonchev–Trinajstić information content (AvgIpc) is 2.70. The van der Waals surface area contributed by atoms with Crippen LogP contribution in [0.3, 0.4) is 0 Å². The first-order valence-corrected chi connectivity index (χ1v) is 9.39. The van der Waals surface area contributed by atoms with Crippen LogP contribution in [0.4, 0.5) is 0 Å². The molecule has 1 N–H and O–H groups in total. The number of hydrogen-bond donors (Lipinski definition) is 1. The number of pyridine rings is 1. The summed E-state index contributed by atoms with van der Waals surface area (Å²) in [5.41, 5.74) is 1.19. The quantitative estimate of drug-likeness (QED) is 0.148. The van der Waals surface area contributed by atoms with E-state index in [0.29, 0.717) is 17.5 Å². The maximum atomic E-state index is 10.0. The molecule has 0 aliphatic carbocycles. The second kappa shape index (κ2) is 10.8. The molecular weight excluding hydrogens is 570 g/mol. The predicted octanol–water partition coefficient (Wildman–Crippen LogP) is 5.42. The van der Waals surface area contributed by atoms with Crippen LogP contribution in [-0.4, -0.2) is 25.8 Å². The third-order valence-corrected chi connectivity index (χ3v) is 4.27. The minimum Gasteiger partial charge on any atom is -0.512 e. The first-order valence-electron chi connectivity index (χ1n) is 9.39. The molecule has 4 aromatic rings. The van der Waals surface area contributed by atoms with E-state index in [4.69, 9.17) is 9.84 Å². The fraction of sp³-hybridized carbons (Fsp3) is 0.167. The molecule has 161 valence electrons. The van der Waals surface area contributed by atoms with Gasteiger partial charge < -0.3 is 19.8 Å². The van der Waals surface area contributed by atoms with Gasteiger partial charge in [0.2, 0.25) is 5.88 Å². The summed E-state index contributed by atoms with van der Waals surface area (Å²) in [6.45, 7) is 6.76. The fourth-order valence-electron chi connectivity index (χ4n) is 3.06. The molecule has 0 aliphatic heterocycles. The van der Waals surface area contributed by atoms with Crippen LogP contribution in [0.25, 0.3) is 21.5 Å². The van der Waals surface area contributed by atoms with Crippen LogP contribution in [0.5, 0.6) is 11.6 Å². The Balaban J connectivity index is 0.000000373. The van der Waals surface area contributed by atoms with Crippen molar-refractivity contribution < 1.29 is 34.7 Å². The molecule has 0 aliphatic rings. The number of aromatic nitrogens is 3. The monoisotopic (exact) mass is 593 g/mol. The summed E-state index contributed by atoms with van der Waals surface area (Å²) in [6, 6.07) is 12.5. The maximum Gasteiger partial charge on any atom is 0.224 e. The number of ketones is 1. The van der Waals surface area contributed by atoms with E-state index < -0.39 is 0 Å². The van der Waals surface area contributed by atoms with Crippen molar-refractivity contribution >= 4 is 27.3 Å². The van der Waals surface area contributed by atoms with Gasteiger partial charge in [0.15, 0.2) is 5.78 Å². The third kappa shape index (κ3) is 6.17. The molecule has 0 spiro atoms. The molecule has 0 unspecified atom stereocenters. The Hall–Kier alpha value is -3.15. The predicted molar refractivity (Wildman–Crippen MR) is 117 cm³/mol. The standard InChI is InChI=1S/C19H14N3O.C5H8O2.Ir/c1-12-9-18-17(16-6-4-3-5-15(12)16)7-8-20-19(18)23-14-10-21-13(2)22-11-14;1-4(6)3-5(2)7;/h3-10H,1-2H3;3,6H,1-2H3;/q-1;;/b;4-3-;. The Morgan fingerprint density at radius 2 is 1.71 bits per heavy atom. The van der Waals surface area contributed by atoms with Crippen molar-refractivity contribution in [3.63, 3.8) is 0 Å². The van der Waals surface area contributed by atoms with Gasteiger partial charge in [-0.15, -0.1) is 0 Å². The molecule has 2 aromatic heterocycles. The van der Waals surface area contributed by atoms with Crippen molar-refractivity contribution in [3.05, 3.63) is 78.2 Å². The minimum absolute atomic E-state index is 0. The number of fused-ring (bicyclic) bond motifs is 3. The van der Waals surface area contributed by atoms with Crippen molar-refractivity contribution in [2.75, 3.05) is 0 Å². The maximum absolute atomic E-state index is 10.0. The number of aliphatic hydroxyl groups is 1. The van der Waals surface area contributed by atoms with E-state index in [-0.39, 0.29) is 31.6 Å². The van der Waals surface area contributed by atoms with Gasteiger partial charge in [0.05, 0.1) is 11.5 Å². The number of ether oxygens (including phenoxy) is 1. The van der Waals surface area contributed by atoms with Gasteiger partial charge in [0, 0.05) is 43.6 Å². The Morgan fingerprint density at radius 1 is 1.03 bits per heavy atom. The van der Waals surface area contributed by atoms with Crippen molar-refractivity contribution in [1.29, 1.82) is 0 Å². The fourth-order valence-corrected chi connectivity index (χ4v) is 3.06. The molecule has 7 heteroatoms. The van der Waals surface area contributed by atoms with Crippen molar-refractivity contribution in [2.45, 2.75) is 27.7 Å². The van der Waals surface area contributed by atoms with E-state index in [1.54, 1.807) is 12.4 Å². The molecule has 2 heterocycles. The Labute approximate surface area is 194 Å². The summed E-state index contributed by atoms with van der Waals surface area (Å²) < 4.78 is 5.86. The molecule has 4 rings (SSSR count). The molecule has 31 heavy (non-hydrogen) atoms. The van der Waals surface area contributed by atoms with E-state index in [1.807, 2.05) is 19.1 Å². The van der Waals surface area contributed by atoms with Crippen LogP contribution in [0.1, 0.15) is 25.2 Å². The number of hydrogen-bond acceptors (Lipinski definition) is 6. The van der Waals surface area contributed by atoms with Crippen LogP contribution in [0.2, 0.25) is 0 Å². The molecule has 0 atom stereocenters. The van der Waals surface area contributed by atoms with E-state index >= 15 is 0 Å². The van der Waals surface area contributed by atoms with Gasteiger partial charge in [0.1, 0.15) is 0 Å². The van der Waals surface area contributed by atoms with Gasteiger partial charge >= 0.3 is 0 Å². The van der Waals surface area contributed by atoms with Gasteiger partial charge in [0.25, 0.3) is 0 Å². The zero-order valence-corrected chi connectivity index (χ0v) is 20.0. The SMILES string of the molecule is CC(=O)/C=C(/C)O.Cc1n[c-]c(Oc2nccc3c2cc(C)c2ccccc23)cn1.[Ir]. The first kappa shape index (κ1) is 24.1. The topological polar surface area (TPSA) is 85.2 Å². The zero-order valence-electron chi connectivity index (χ0n) is 17.6. The van der Waals surface area contributed by atoms with E-state index in [0.717, 1.165) is 10.8 Å². The molecule has 2 aromatic carbocycles. The van der Waals surface area contributed by atoms with Crippen LogP contribution < -0.4 is 4.74 Å². The van der Waals surface area contributed by atoms with Gasteiger partial charge in [-0.1, -0.05) is 31.2 Å². The summed E-state index contributed by atoms with van der Waals surface area (Å²) >= 11 is 0. The zero-order chi connectivity index (χ0) is 21.7. The molecule has 6 nitrogen and oxygen atoms in total. The number of rotatable bonds is 3. The second-order valence-electron chi connectivity index (χ2n) is 6.84. The number of allylic oxidation sites excluding steroid dienone is 2. The van der Waals surface area contributed by atoms with Crippen molar-refractivity contribution in [2.24, 2.45) is 0 Å². The smallest absolute Gasteiger partial charge is 0.224 e. The number of aliphatic hydroxyl groups excluding tert-OH is 1. The summed E-state index contributed by atoms with van der Waals surface area (Å²) in [5.74, 6) is 1.60. The number of aryl methyl sites for hydroxylation is 2. The van der Waals surface area contributed by atoms with Gasteiger partial charge in [-0.3, -0.25) is 4.79 Å². The van der Waals surface area contributed by atoms with Crippen LogP contribution >= 0.6 is 0 Å². The van der Waals surface area contributed by atoms with Crippen molar-refractivity contribution in [1.82, 2.24) is 15.0 Å². The largest absolute Gasteiger partial charge is 0.512 e. The Kier molecular flexibility index (Phi) is 8.37. The van der Waals surface area contributed by atoms with Crippen LogP contribution in [0, 0.1) is 20.0 Å². The van der Waals surface area contributed by atoms with Crippen LogP contribution in [0.15, 0.2) is 60.6 Å². The Bertz CT molecular complexity index is 1230. The van der Waals surface area contributed by atoms with Gasteiger partial charge in [-0.25, -0.2) is 4.98 Å². The second-order valence-corrected chi connectivity index (χ2v) is 6.84. The molecule has 0 bridgehead atoms. The van der Waals surface area contributed by atoms with E-state index in [2.05, 4.69) is 52.3 Å². The molecule has 0 fully saturated rings. The number of carbonyl (C=O) groups is 1. The number of carbonyl (C=O) groups excluding carboxylic acids is 1. The molecular formula is C24H22IrN3O3-. The van der Waals surface area contributed by atoms with Crippen molar-refractivity contribution in [3.8, 4) is 11.6 Å². The molecule has 0 saturated carbocycles. The molecule has 1 radical (unpaired) electrons. The van der Waals surface area contributed by atoms with E-state index in [9.17, 15) is 4.79 Å². The van der Waals surface area contributed by atoms with Crippen LogP contribution in [-0.2, 0) is 24.9 Å². The summed E-state index contributed by atoms with van der Waals surface area (Å²) in [4.78, 5) is 22.6.